The highest BCUT2D eigenvalue weighted by atomic mass is 16.2. The number of rotatable bonds is 2. The van der Waals surface area contributed by atoms with Crippen LogP contribution in [-0.2, 0) is 9.59 Å². The smallest absolute Gasteiger partial charge is 0.283 e. The number of hydrogen-bond acceptors (Lipinski definition) is 2. The van der Waals surface area contributed by atoms with Crippen LogP contribution in [0.4, 0.5) is 11.4 Å². The van der Waals surface area contributed by atoms with Crippen LogP contribution in [0.1, 0.15) is 46.0 Å². The molecule has 0 aromatic heterocycles. The van der Waals surface area contributed by atoms with Crippen molar-refractivity contribution in [3.05, 3.63) is 24.3 Å². The van der Waals surface area contributed by atoms with Crippen LogP contribution in [0.25, 0.3) is 0 Å². The molecule has 2 heterocycles. The number of para-hydroxylation sites is 2. The van der Waals surface area contributed by atoms with E-state index in [0.717, 1.165) is 36.3 Å². The molecule has 1 aromatic carbocycles. The average molecular weight is 356 g/mol. The van der Waals surface area contributed by atoms with Crippen molar-refractivity contribution < 1.29 is 14.5 Å². The minimum Gasteiger partial charge on any atom is -0.327 e. The first-order valence-corrected chi connectivity index (χ1v) is 10.0. The van der Waals surface area contributed by atoms with Crippen molar-refractivity contribution in [2.45, 2.75) is 51.5 Å². The maximum absolute atomic E-state index is 13.3. The maximum Gasteiger partial charge on any atom is 0.283 e. The van der Waals surface area contributed by atoms with Crippen LogP contribution in [0.15, 0.2) is 24.3 Å². The number of nitrogens with one attached hydrogen (secondary N) is 2. The molecule has 3 aliphatic rings. The van der Waals surface area contributed by atoms with Gasteiger partial charge < -0.3 is 10.2 Å². The zero-order valence-electron chi connectivity index (χ0n) is 15.9. The van der Waals surface area contributed by atoms with Crippen molar-refractivity contribution in [3.8, 4) is 0 Å². The van der Waals surface area contributed by atoms with Gasteiger partial charge in [0.1, 0.15) is 5.54 Å². The van der Waals surface area contributed by atoms with E-state index in [1.807, 2.05) is 38.1 Å². The van der Waals surface area contributed by atoms with Gasteiger partial charge in [0.2, 0.25) is 5.91 Å². The van der Waals surface area contributed by atoms with E-state index >= 15 is 0 Å². The highest BCUT2D eigenvalue weighted by Crippen LogP contribution is 2.36. The minimum absolute atomic E-state index is 0.0570. The Balaban J connectivity index is 1.52. The number of piperidine rings is 1. The molecule has 140 valence electrons. The quantitative estimate of drug-likeness (QED) is 0.850. The first kappa shape index (κ1) is 17.5. The molecule has 4 rings (SSSR count). The summed E-state index contributed by atoms with van der Waals surface area (Å²) in [5.41, 5.74) is 0.675. The fourth-order valence-electron chi connectivity index (χ4n) is 5.15. The Morgan fingerprint density at radius 2 is 1.92 bits per heavy atom. The molecule has 2 amide bonds. The van der Waals surface area contributed by atoms with E-state index in [-0.39, 0.29) is 11.8 Å². The normalized spacial score (nSPS) is 30.2. The molecular formula is C21H30N3O2+. The lowest BCUT2D eigenvalue weighted by Gasteiger charge is -2.43. The topological polar surface area (TPSA) is 53.9 Å². The molecule has 26 heavy (non-hydrogen) atoms. The highest BCUT2D eigenvalue weighted by molar-refractivity contribution is 6.14. The predicted molar refractivity (Wildman–Crippen MR) is 102 cm³/mol. The molecule has 1 aliphatic carbocycles. The van der Waals surface area contributed by atoms with Gasteiger partial charge in [-0.15, -0.1) is 0 Å². The number of quaternary nitrogens is 1. The molecule has 2 N–H and O–H groups in total. The second-order valence-electron chi connectivity index (χ2n) is 8.73. The fraction of sp³-hybridized carbons (Fsp3) is 0.619. The standard InChI is InChI=1S/C21H29N3O2/c1-21(2)20(26)22-17-9-5-6-10-18(17)24(21)19(25)14-23-12-11-15-7-3-4-8-16(15)13-23/h5-6,9-10,15-16H,3-4,7-8,11-14H2,1-2H3,(H,22,26)/p+1/t15-,16+/m0/s1. The molecule has 2 aliphatic heterocycles. The van der Waals surface area contributed by atoms with Crippen molar-refractivity contribution in [1.82, 2.24) is 0 Å². The highest BCUT2D eigenvalue weighted by Gasteiger charge is 2.45. The van der Waals surface area contributed by atoms with E-state index in [1.54, 1.807) is 4.90 Å². The van der Waals surface area contributed by atoms with Gasteiger partial charge >= 0.3 is 0 Å². The van der Waals surface area contributed by atoms with Gasteiger partial charge in [0.05, 0.1) is 24.5 Å². The van der Waals surface area contributed by atoms with Gasteiger partial charge in [-0.1, -0.05) is 25.0 Å². The van der Waals surface area contributed by atoms with Gasteiger partial charge in [-0.05, 0) is 51.2 Å². The zero-order chi connectivity index (χ0) is 18.3. The van der Waals surface area contributed by atoms with E-state index in [1.165, 1.54) is 37.0 Å². The summed E-state index contributed by atoms with van der Waals surface area (Å²) in [5.74, 6) is 1.60. The number of likely N-dealkylation sites (tertiary alicyclic amines) is 1. The molecule has 0 bridgehead atoms. The minimum atomic E-state index is -0.867. The van der Waals surface area contributed by atoms with Gasteiger partial charge in [0, 0.05) is 5.92 Å². The number of anilines is 2. The van der Waals surface area contributed by atoms with Gasteiger partial charge in [0.15, 0.2) is 6.54 Å². The van der Waals surface area contributed by atoms with Crippen LogP contribution in [0.5, 0.6) is 0 Å². The molecule has 3 atom stereocenters. The van der Waals surface area contributed by atoms with Crippen molar-refractivity contribution in [3.63, 3.8) is 0 Å². The Kier molecular flexibility index (Phi) is 4.51. The number of hydrogen-bond donors (Lipinski definition) is 2. The molecule has 5 nitrogen and oxygen atoms in total. The molecule has 2 fully saturated rings. The predicted octanol–water partition coefficient (Wildman–Crippen LogP) is 1.85. The Hall–Kier alpha value is -1.88. The van der Waals surface area contributed by atoms with Gasteiger partial charge in [0.25, 0.3) is 5.91 Å². The summed E-state index contributed by atoms with van der Waals surface area (Å²) < 4.78 is 0. The molecule has 0 radical (unpaired) electrons. The van der Waals surface area contributed by atoms with E-state index in [2.05, 4.69) is 5.32 Å². The largest absolute Gasteiger partial charge is 0.327 e. The van der Waals surface area contributed by atoms with Crippen molar-refractivity contribution in [1.29, 1.82) is 0 Å². The van der Waals surface area contributed by atoms with E-state index in [4.69, 9.17) is 0 Å². The number of carbonyl (C=O) groups is 2. The fourth-order valence-corrected chi connectivity index (χ4v) is 5.15. The Morgan fingerprint density at radius 1 is 1.19 bits per heavy atom. The molecular weight excluding hydrogens is 326 g/mol. The van der Waals surface area contributed by atoms with E-state index in [0.29, 0.717) is 6.54 Å². The summed E-state index contributed by atoms with van der Waals surface area (Å²) in [6.45, 7) is 6.33. The second kappa shape index (κ2) is 6.69. The van der Waals surface area contributed by atoms with Gasteiger partial charge in [-0.3, -0.25) is 14.5 Å². The Labute approximate surface area is 155 Å². The SMILES string of the molecule is CC1(C)C(=O)Nc2ccccc2N1C(=O)C[NH+]1CC[C@@H]2CCCC[C@@H]2C1. The summed E-state index contributed by atoms with van der Waals surface area (Å²) in [7, 11) is 0. The first-order valence-electron chi connectivity index (χ1n) is 10.0. The van der Waals surface area contributed by atoms with Crippen LogP contribution in [0.2, 0.25) is 0 Å². The summed E-state index contributed by atoms with van der Waals surface area (Å²) in [5, 5.41) is 2.94. The summed E-state index contributed by atoms with van der Waals surface area (Å²) >= 11 is 0. The zero-order valence-corrected chi connectivity index (χ0v) is 15.9. The summed E-state index contributed by atoms with van der Waals surface area (Å²) in [4.78, 5) is 28.9. The van der Waals surface area contributed by atoms with Gasteiger partial charge in [-0.25, -0.2) is 0 Å². The van der Waals surface area contributed by atoms with Crippen molar-refractivity contribution in [2.24, 2.45) is 11.8 Å². The van der Waals surface area contributed by atoms with Crippen LogP contribution in [-0.4, -0.2) is 37.0 Å². The lowest BCUT2D eigenvalue weighted by atomic mass is 9.75. The molecule has 1 saturated heterocycles. The Bertz CT molecular complexity index is 715. The molecule has 1 aromatic rings. The van der Waals surface area contributed by atoms with Crippen molar-refractivity contribution in [2.75, 3.05) is 29.9 Å². The van der Waals surface area contributed by atoms with Crippen LogP contribution in [0, 0.1) is 11.8 Å². The van der Waals surface area contributed by atoms with Gasteiger partial charge in [-0.2, -0.15) is 0 Å². The first-order chi connectivity index (χ1) is 12.5. The molecule has 5 heteroatoms. The number of nitrogens with zero attached hydrogens (tertiary/aromatic N) is 1. The molecule has 0 spiro atoms. The summed E-state index contributed by atoms with van der Waals surface area (Å²) in [6, 6.07) is 7.60. The molecule has 1 saturated carbocycles. The number of fused-ring (bicyclic) bond motifs is 2. The lowest BCUT2D eigenvalue weighted by molar-refractivity contribution is -0.902. The van der Waals surface area contributed by atoms with Crippen molar-refractivity contribution >= 4 is 23.2 Å². The number of carbonyl (C=O) groups excluding carboxylic acids is 2. The van der Waals surface area contributed by atoms with Crippen LogP contribution < -0.4 is 15.1 Å². The number of amides is 2. The van der Waals surface area contributed by atoms with E-state index in [9.17, 15) is 9.59 Å². The van der Waals surface area contributed by atoms with Crippen LogP contribution in [0.3, 0.4) is 0 Å². The van der Waals surface area contributed by atoms with Crippen LogP contribution >= 0.6 is 0 Å². The average Bonchev–Trinajstić information content (AvgIpc) is 2.62. The third kappa shape index (κ3) is 3.02. The lowest BCUT2D eigenvalue weighted by Crippen LogP contribution is -3.15. The second-order valence-corrected chi connectivity index (χ2v) is 8.73. The maximum atomic E-state index is 13.3. The monoisotopic (exact) mass is 356 g/mol. The third-order valence-electron chi connectivity index (χ3n) is 6.64. The molecule has 1 unspecified atom stereocenters. The third-order valence-corrected chi connectivity index (χ3v) is 6.64. The van der Waals surface area contributed by atoms with E-state index < -0.39 is 5.54 Å². The Morgan fingerprint density at radius 3 is 2.73 bits per heavy atom. The number of benzene rings is 1. The summed E-state index contributed by atoms with van der Waals surface area (Å²) in [6.07, 6.45) is 6.66.